The van der Waals surface area contributed by atoms with Crippen molar-refractivity contribution in [3.8, 4) is 17.5 Å². The lowest BCUT2D eigenvalue weighted by atomic mass is 10.4. The van der Waals surface area contributed by atoms with Gasteiger partial charge in [0.15, 0.2) is 11.6 Å². The number of rotatable bonds is 1. The number of hydrogen-bond donors (Lipinski definition) is 2. The average Bonchev–Trinajstić information content (AvgIpc) is 2.66. The van der Waals surface area contributed by atoms with Crippen LogP contribution < -0.4 is 5.56 Å². The second-order valence-electron chi connectivity index (χ2n) is 2.53. The normalized spacial score (nSPS) is 10.4. The monoisotopic (exact) mass is 256 g/mol. The molecule has 2 aromatic heterocycles. The first kappa shape index (κ1) is 9.01. The highest BCUT2D eigenvalue weighted by Crippen LogP contribution is 2.20. The first-order valence-corrected chi connectivity index (χ1v) is 4.50. The van der Waals surface area contributed by atoms with Crippen molar-refractivity contribution in [1.29, 1.82) is 0 Å². The van der Waals surface area contributed by atoms with E-state index in [1.807, 2.05) is 0 Å². The van der Waals surface area contributed by atoms with E-state index in [1.165, 1.54) is 6.26 Å². The molecule has 0 aliphatic rings. The van der Waals surface area contributed by atoms with E-state index in [0.717, 1.165) is 0 Å². The zero-order chi connectivity index (χ0) is 10.1. The van der Waals surface area contributed by atoms with E-state index in [9.17, 15) is 9.90 Å². The van der Waals surface area contributed by atoms with Crippen LogP contribution in [0.25, 0.3) is 11.6 Å². The van der Waals surface area contributed by atoms with Gasteiger partial charge in [0, 0.05) is 0 Å². The Bertz CT molecular complexity index is 504. The molecule has 0 saturated carbocycles. The first-order valence-electron chi connectivity index (χ1n) is 3.71. The summed E-state index contributed by atoms with van der Waals surface area (Å²) in [5.74, 6) is 0.228. The number of aromatic hydroxyl groups is 1. The molecule has 0 aliphatic heterocycles. The highest BCUT2D eigenvalue weighted by Gasteiger charge is 2.10. The van der Waals surface area contributed by atoms with E-state index in [0.29, 0.717) is 5.76 Å². The van der Waals surface area contributed by atoms with Crippen molar-refractivity contribution in [2.24, 2.45) is 0 Å². The minimum absolute atomic E-state index is 0.00723. The van der Waals surface area contributed by atoms with Gasteiger partial charge in [-0.15, -0.1) is 0 Å². The van der Waals surface area contributed by atoms with E-state index in [4.69, 9.17) is 4.42 Å². The van der Waals surface area contributed by atoms with Crippen molar-refractivity contribution in [2.75, 3.05) is 0 Å². The molecule has 0 amide bonds. The van der Waals surface area contributed by atoms with Gasteiger partial charge in [0.05, 0.1) is 6.26 Å². The van der Waals surface area contributed by atoms with Crippen molar-refractivity contribution in [2.45, 2.75) is 0 Å². The third-order valence-electron chi connectivity index (χ3n) is 1.60. The zero-order valence-corrected chi connectivity index (χ0v) is 8.41. The molecule has 0 aliphatic carbocycles. The topological polar surface area (TPSA) is 79.1 Å². The van der Waals surface area contributed by atoms with Gasteiger partial charge in [-0.1, -0.05) is 0 Å². The van der Waals surface area contributed by atoms with Crippen LogP contribution in [0.2, 0.25) is 0 Å². The van der Waals surface area contributed by atoms with Crippen LogP contribution in [0.1, 0.15) is 0 Å². The molecule has 2 N–H and O–H groups in total. The molecule has 14 heavy (non-hydrogen) atoms. The number of H-pyrrole nitrogens is 1. The van der Waals surface area contributed by atoms with Crippen LogP contribution in [0.15, 0.2) is 32.1 Å². The molecule has 72 valence electrons. The zero-order valence-electron chi connectivity index (χ0n) is 6.82. The average molecular weight is 257 g/mol. The summed E-state index contributed by atoms with van der Waals surface area (Å²) in [7, 11) is 0. The summed E-state index contributed by atoms with van der Waals surface area (Å²) in [6.45, 7) is 0. The van der Waals surface area contributed by atoms with Crippen LogP contribution in [0.4, 0.5) is 0 Å². The number of nitrogens with one attached hydrogen (secondary N) is 1. The SMILES string of the molecule is O=c1[nH]c(-c2ccco2)nc(O)c1Br. The van der Waals surface area contributed by atoms with Gasteiger partial charge in [0.2, 0.25) is 5.88 Å². The van der Waals surface area contributed by atoms with Crippen LogP contribution >= 0.6 is 15.9 Å². The predicted molar refractivity (Wildman–Crippen MR) is 51.9 cm³/mol. The van der Waals surface area contributed by atoms with Gasteiger partial charge in [-0.3, -0.25) is 4.79 Å². The molecule has 0 aromatic carbocycles. The molecule has 0 bridgehead atoms. The van der Waals surface area contributed by atoms with E-state index >= 15 is 0 Å². The molecular weight excluding hydrogens is 252 g/mol. The number of halogens is 1. The Balaban J connectivity index is 2.63. The summed E-state index contributed by atoms with van der Waals surface area (Å²) in [6.07, 6.45) is 1.45. The smallest absolute Gasteiger partial charge is 0.269 e. The molecule has 6 heteroatoms. The summed E-state index contributed by atoms with van der Waals surface area (Å²) in [5, 5.41) is 9.26. The maximum absolute atomic E-state index is 11.2. The molecule has 0 atom stereocenters. The highest BCUT2D eigenvalue weighted by atomic mass is 79.9. The van der Waals surface area contributed by atoms with Crippen molar-refractivity contribution in [1.82, 2.24) is 9.97 Å². The Hall–Kier alpha value is -1.56. The summed E-state index contributed by atoms with van der Waals surface area (Å²) >= 11 is 2.89. The fourth-order valence-corrected chi connectivity index (χ4v) is 1.16. The van der Waals surface area contributed by atoms with Crippen molar-refractivity contribution in [3.63, 3.8) is 0 Å². The molecule has 5 nitrogen and oxygen atoms in total. The van der Waals surface area contributed by atoms with Gasteiger partial charge < -0.3 is 14.5 Å². The first-order chi connectivity index (χ1) is 6.68. The van der Waals surface area contributed by atoms with Crippen LogP contribution in [-0.2, 0) is 0 Å². The molecule has 0 radical (unpaired) electrons. The fraction of sp³-hybridized carbons (Fsp3) is 0. The lowest BCUT2D eigenvalue weighted by molar-refractivity contribution is 0.446. The summed E-state index contributed by atoms with van der Waals surface area (Å²) < 4.78 is 5.02. The standard InChI is InChI=1S/C8H5BrN2O3/c9-5-7(12)10-6(11-8(5)13)4-2-1-3-14-4/h1-3H,(H2,10,11,12,13). The Kier molecular flexibility index (Phi) is 2.12. The van der Waals surface area contributed by atoms with E-state index in [1.54, 1.807) is 12.1 Å². The molecule has 0 fully saturated rings. The van der Waals surface area contributed by atoms with Gasteiger partial charge in [0.1, 0.15) is 4.47 Å². The summed E-state index contributed by atoms with van der Waals surface area (Å²) in [6, 6.07) is 3.29. The maximum Gasteiger partial charge on any atom is 0.269 e. The highest BCUT2D eigenvalue weighted by molar-refractivity contribution is 9.10. The van der Waals surface area contributed by atoms with Gasteiger partial charge in [-0.25, -0.2) is 0 Å². The second kappa shape index (κ2) is 3.30. The maximum atomic E-state index is 11.2. The third kappa shape index (κ3) is 1.44. The van der Waals surface area contributed by atoms with Crippen LogP contribution in [-0.4, -0.2) is 15.1 Å². The molecule has 0 saturated heterocycles. The second-order valence-corrected chi connectivity index (χ2v) is 3.32. The van der Waals surface area contributed by atoms with Crippen LogP contribution in [0.3, 0.4) is 0 Å². The van der Waals surface area contributed by atoms with E-state index in [2.05, 4.69) is 25.9 Å². The van der Waals surface area contributed by atoms with Crippen molar-refractivity contribution < 1.29 is 9.52 Å². The number of aromatic nitrogens is 2. The molecular formula is C8H5BrN2O3. The number of nitrogens with zero attached hydrogens (tertiary/aromatic N) is 1. The van der Waals surface area contributed by atoms with Crippen LogP contribution in [0.5, 0.6) is 5.88 Å². The largest absolute Gasteiger partial charge is 0.492 e. The Labute approximate surface area is 86.5 Å². The van der Waals surface area contributed by atoms with E-state index in [-0.39, 0.29) is 16.2 Å². The van der Waals surface area contributed by atoms with E-state index < -0.39 is 5.56 Å². The van der Waals surface area contributed by atoms with Crippen LogP contribution in [0, 0.1) is 0 Å². The minimum atomic E-state index is -0.455. The Morgan fingerprint density at radius 1 is 1.57 bits per heavy atom. The lowest BCUT2D eigenvalue weighted by Crippen LogP contribution is -2.09. The molecule has 2 aromatic rings. The Morgan fingerprint density at radius 3 is 2.93 bits per heavy atom. The number of hydrogen-bond acceptors (Lipinski definition) is 4. The predicted octanol–water partition coefficient (Wildman–Crippen LogP) is 1.50. The summed E-state index contributed by atoms with van der Waals surface area (Å²) in [4.78, 5) is 17.4. The lowest BCUT2D eigenvalue weighted by Gasteiger charge is -1.98. The minimum Gasteiger partial charge on any atom is -0.492 e. The van der Waals surface area contributed by atoms with Gasteiger partial charge in [0.25, 0.3) is 5.56 Å². The van der Waals surface area contributed by atoms with Gasteiger partial charge in [-0.2, -0.15) is 4.98 Å². The van der Waals surface area contributed by atoms with Crippen molar-refractivity contribution in [3.05, 3.63) is 33.2 Å². The number of furan rings is 1. The molecule has 0 spiro atoms. The number of aromatic amines is 1. The molecule has 0 unspecified atom stereocenters. The quantitative estimate of drug-likeness (QED) is 0.811. The molecule has 2 heterocycles. The Morgan fingerprint density at radius 2 is 2.36 bits per heavy atom. The summed E-state index contributed by atoms with van der Waals surface area (Å²) in [5.41, 5.74) is -0.455. The molecule has 2 rings (SSSR count). The van der Waals surface area contributed by atoms with Gasteiger partial charge >= 0.3 is 0 Å². The van der Waals surface area contributed by atoms with Gasteiger partial charge in [-0.05, 0) is 28.1 Å². The third-order valence-corrected chi connectivity index (χ3v) is 2.31. The van der Waals surface area contributed by atoms with Crippen molar-refractivity contribution >= 4 is 15.9 Å². The fourth-order valence-electron chi connectivity index (χ4n) is 0.977.